The number of nitrogens with one attached hydrogen (secondary N) is 3. The largest absolute Gasteiger partial charge is 0.340 e. The van der Waals surface area contributed by atoms with E-state index in [9.17, 15) is 16.8 Å². The maximum absolute atomic E-state index is 12.7. The molecule has 5 N–H and O–H groups in total. The maximum Gasteiger partial charge on any atom is 0.238 e. The molecule has 1 aliphatic carbocycles. The van der Waals surface area contributed by atoms with Gasteiger partial charge in [-0.2, -0.15) is 4.98 Å². The highest BCUT2D eigenvalue weighted by Gasteiger charge is 2.44. The molecule has 178 valence electrons. The van der Waals surface area contributed by atoms with Crippen LogP contribution in [0.3, 0.4) is 0 Å². The molecule has 0 bridgehead atoms. The van der Waals surface area contributed by atoms with Gasteiger partial charge in [0.1, 0.15) is 11.2 Å². The average Bonchev–Trinajstić information content (AvgIpc) is 3.56. The monoisotopic (exact) mass is 500 g/mol. The van der Waals surface area contributed by atoms with E-state index in [0.29, 0.717) is 18.1 Å². The van der Waals surface area contributed by atoms with Gasteiger partial charge < -0.3 is 10.6 Å². The summed E-state index contributed by atoms with van der Waals surface area (Å²) < 4.78 is 48.6. The van der Waals surface area contributed by atoms with E-state index in [4.69, 9.17) is 5.14 Å². The van der Waals surface area contributed by atoms with E-state index in [1.54, 1.807) is 18.3 Å². The number of fused-ring (bicyclic) bond motifs is 1. The number of anilines is 4. The van der Waals surface area contributed by atoms with Crippen LogP contribution in [0.5, 0.6) is 0 Å². The zero-order valence-corrected chi connectivity index (χ0v) is 19.9. The number of benzene rings is 2. The van der Waals surface area contributed by atoms with E-state index in [1.807, 2.05) is 25.1 Å². The van der Waals surface area contributed by atoms with Crippen molar-refractivity contribution in [2.45, 2.75) is 41.8 Å². The van der Waals surface area contributed by atoms with Crippen molar-refractivity contribution >= 4 is 43.0 Å². The topological polar surface area (TPSA) is 156 Å². The van der Waals surface area contributed by atoms with Crippen molar-refractivity contribution in [1.82, 2.24) is 15.3 Å². The molecule has 1 aromatic heterocycles. The minimum atomic E-state index is -3.83. The second-order valence-corrected chi connectivity index (χ2v) is 12.4. The normalized spacial score (nSPS) is 17.9. The molecule has 1 atom stereocenters. The lowest BCUT2D eigenvalue weighted by Crippen LogP contribution is -2.25. The Kier molecular flexibility index (Phi) is 5.55. The number of nitrogens with zero attached hydrogens (tertiary/aromatic N) is 2. The quantitative estimate of drug-likeness (QED) is 0.383. The van der Waals surface area contributed by atoms with Gasteiger partial charge in [0.25, 0.3) is 0 Å². The number of aromatic nitrogens is 2. The van der Waals surface area contributed by atoms with Crippen LogP contribution >= 0.6 is 0 Å². The third kappa shape index (κ3) is 4.49. The van der Waals surface area contributed by atoms with E-state index in [0.717, 1.165) is 35.2 Å². The molecular weight excluding hydrogens is 476 g/mol. The lowest BCUT2D eigenvalue weighted by molar-refractivity contribution is 0.566. The summed E-state index contributed by atoms with van der Waals surface area (Å²) in [5, 5.41) is 13.7. The molecular formula is C22H24N6O4S2. The predicted molar refractivity (Wildman–Crippen MR) is 129 cm³/mol. The summed E-state index contributed by atoms with van der Waals surface area (Å²) in [6.07, 6.45) is 3.13. The van der Waals surface area contributed by atoms with Gasteiger partial charge in [0.15, 0.2) is 9.84 Å². The van der Waals surface area contributed by atoms with Crippen molar-refractivity contribution in [1.29, 1.82) is 0 Å². The smallest absolute Gasteiger partial charge is 0.238 e. The van der Waals surface area contributed by atoms with Crippen molar-refractivity contribution in [3.63, 3.8) is 0 Å². The van der Waals surface area contributed by atoms with E-state index >= 15 is 0 Å². The molecule has 5 rings (SSSR count). The van der Waals surface area contributed by atoms with Gasteiger partial charge in [0.2, 0.25) is 16.0 Å². The Labute approximate surface area is 198 Å². The Morgan fingerprint density at radius 3 is 2.53 bits per heavy atom. The summed E-state index contributed by atoms with van der Waals surface area (Å²) in [5.41, 5.74) is 3.79. The average molecular weight is 501 g/mol. The zero-order valence-electron chi connectivity index (χ0n) is 18.3. The second-order valence-electron chi connectivity index (χ2n) is 8.51. The highest BCUT2D eigenvalue weighted by Crippen LogP contribution is 2.40. The van der Waals surface area contributed by atoms with Gasteiger partial charge in [0.05, 0.1) is 10.1 Å². The number of aryl methyl sites for hydroxylation is 1. The molecule has 3 aromatic rings. The minimum absolute atomic E-state index is 0.0169. The lowest BCUT2D eigenvalue weighted by atomic mass is 10.1. The van der Waals surface area contributed by atoms with Crippen LogP contribution in [0, 0.1) is 6.92 Å². The van der Waals surface area contributed by atoms with Crippen molar-refractivity contribution in [2.75, 3.05) is 10.6 Å². The molecule has 0 radical (unpaired) electrons. The molecule has 2 aromatic carbocycles. The second kappa shape index (κ2) is 8.31. The third-order valence-corrected chi connectivity index (χ3v) is 9.26. The van der Waals surface area contributed by atoms with Gasteiger partial charge in [0, 0.05) is 29.7 Å². The summed E-state index contributed by atoms with van der Waals surface area (Å²) >= 11 is 0. The van der Waals surface area contributed by atoms with Gasteiger partial charge in [-0.15, -0.1) is 0 Å². The molecule has 1 saturated carbocycles. The first kappa shape index (κ1) is 22.7. The van der Waals surface area contributed by atoms with E-state index in [2.05, 4.69) is 25.9 Å². The Bertz CT molecular complexity index is 1490. The van der Waals surface area contributed by atoms with Crippen LogP contribution in [0.4, 0.5) is 23.1 Å². The molecule has 0 saturated heterocycles. The van der Waals surface area contributed by atoms with Gasteiger partial charge in [-0.25, -0.2) is 27.0 Å². The van der Waals surface area contributed by atoms with Crippen LogP contribution < -0.4 is 21.1 Å². The van der Waals surface area contributed by atoms with Gasteiger partial charge >= 0.3 is 0 Å². The maximum atomic E-state index is 12.7. The van der Waals surface area contributed by atoms with E-state index in [-0.39, 0.29) is 16.1 Å². The third-order valence-electron chi connectivity index (χ3n) is 5.87. The summed E-state index contributed by atoms with van der Waals surface area (Å²) in [5.74, 6) is 0.839. The molecule has 2 heterocycles. The fourth-order valence-corrected chi connectivity index (χ4v) is 6.57. The summed E-state index contributed by atoms with van der Waals surface area (Å²) in [4.78, 5) is 8.76. The summed E-state index contributed by atoms with van der Waals surface area (Å²) in [6.45, 7) is 2.35. The van der Waals surface area contributed by atoms with Crippen LogP contribution in [0.25, 0.3) is 0 Å². The summed E-state index contributed by atoms with van der Waals surface area (Å²) in [6, 6.07) is 11.7. The number of primary sulfonamides is 1. The molecule has 0 spiro atoms. The van der Waals surface area contributed by atoms with E-state index < -0.39 is 25.2 Å². The van der Waals surface area contributed by atoms with Crippen LogP contribution in [-0.2, 0) is 26.4 Å². The molecule has 1 unspecified atom stereocenters. The number of nitrogens with two attached hydrogens (primary N) is 1. The van der Waals surface area contributed by atoms with Gasteiger partial charge in [-0.3, -0.25) is 5.32 Å². The Hall–Kier alpha value is -3.06. The number of sulfone groups is 1. The van der Waals surface area contributed by atoms with Crippen LogP contribution in [0.1, 0.15) is 34.9 Å². The Morgan fingerprint density at radius 1 is 1.03 bits per heavy atom. The van der Waals surface area contributed by atoms with Crippen molar-refractivity contribution < 1.29 is 16.8 Å². The fraction of sp³-hybridized carbons (Fsp3) is 0.273. The fourth-order valence-electron chi connectivity index (χ4n) is 3.93. The molecule has 1 aliphatic heterocycles. The van der Waals surface area contributed by atoms with Crippen molar-refractivity contribution in [3.05, 3.63) is 65.4 Å². The van der Waals surface area contributed by atoms with Crippen LogP contribution in [0.2, 0.25) is 0 Å². The number of rotatable bonds is 7. The molecule has 2 aliphatic rings. The molecule has 10 nitrogen and oxygen atoms in total. The van der Waals surface area contributed by atoms with Crippen molar-refractivity contribution in [3.8, 4) is 0 Å². The Balaban J connectivity index is 1.36. The number of hydrogen-bond acceptors (Lipinski definition) is 9. The van der Waals surface area contributed by atoms with Crippen molar-refractivity contribution in [2.24, 2.45) is 5.14 Å². The lowest BCUT2D eigenvalue weighted by Gasteiger charge is -2.14. The standard InChI is InChI=1S/C22H24N6O4S2/c1-13-11-25-22(27-15-3-2-4-18(10-15)34(23,31)32)28-20(13)26-16-5-8-19-14(9-16)12-24-21(19)33(29,30)17-6-7-17/h2-5,8-11,17,21,24H,6-7,12H2,1H3,(H2,23,31,32)(H2,25,26,27,28). The highest BCUT2D eigenvalue weighted by molar-refractivity contribution is 7.92. The Morgan fingerprint density at radius 2 is 1.79 bits per heavy atom. The van der Waals surface area contributed by atoms with Crippen LogP contribution in [0.15, 0.2) is 53.6 Å². The predicted octanol–water partition coefficient (Wildman–Crippen LogP) is 2.60. The highest BCUT2D eigenvalue weighted by atomic mass is 32.2. The van der Waals surface area contributed by atoms with Gasteiger partial charge in [-0.05, 0) is 61.2 Å². The molecule has 0 amide bonds. The first-order valence-electron chi connectivity index (χ1n) is 10.7. The SMILES string of the molecule is Cc1cnc(Nc2cccc(S(N)(=O)=O)c2)nc1Nc1ccc2c(c1)CNC2S(=O)(=O)C1CC1. The van der Waals surface area contributed by atoms with E-state index in [1.165, 1.54) is 12.1 Å². The van der Waals surface area contributed by atoms with Crippen LogP contribution in [-0.4, -0.2) is 32.1 Å². The first-order valence-corrected chi connectivity index (χ1v) is 13.9. The number of sulfonamides is 1. The molecule has 12 heteroatoms. The number of hydrogen-bond donors (Lipinski definition) is 4. The summed E-state index contributed by atoms with van der Waals surface area (Å²) in [7, 11) is -7.04. The minimum Gasteiger partial charge on any atom is -0.340 e. The molecule has 34 heavy (non-hydrogen) atoms. The van der Waals surface area contributed by atoms with Gasteiger partial charge in [-0.1, -0.05) is 12.1 Å². The molecule has 1 fully saturated rings. The zero-order chi connectivity index (χ0) is 24.1. The first-order chi connectivity index (χ1) is 16.1.